The first-order valence-electron chi connectivity index (χ1n) is 8.70. The van der Waals surface area contributed by atoms with Crippen LogP contribution >= 0.6 is 23.2 Å². The number of hydrogen-bond donors (Lipinski definition) is 1. The van der Waals surface area contributed by atoms with Crippen molar-refractivity contribution in [2.45, 2.75) is 13.3 Å². The number of halogens is 4. The summed E-state index contributed by atoms with van der Waals surface area (Å²) < 4.78 is 27.0. The molecule has 1 aromatic heterocycles. The van der Waals surface area contributed by atoms with Crippen molar-refractivity contribution in [3.8, 4) is 0 Å². The van der Waals surface area contributed by atoms with Crippen LogP contribution in [0.25, 0.3) is 0 Å². The zero-order valence-electron chi connectivity index (χ0n) is 15.6. The van der Waals surface area contributed by atoms with Crippen LogP contribution in [-0.2, 0) is 16.0 Å². The Morgan fingerprint density at radius 1 is 1.03 bits per heavy atom. The predicted octanol–water partition coefficient (Wildman–Crippen LogP) is 5.53. The van der Waals surface area contributed by atoms with Crippen LogP contribution in [0.1, 0.15) is 12.5 Å². The Morgan fingerprint density at radius 2 is 1.80 bits per heavy atom. The van der Waals surface area contributed by atoms with Crippen molar-refractivity contribution in [3.05, 3.63) is 82.0 Å². The summed E-state index contributed by atoms with van der Waals surface area (Å²) in [6.45, 7) is 1.30. The molecule has 0 unspecified atom stereocenters. The highest BCUT2D eigenvalue weighted by Gasteiger charge is 2.18. The van der Waals surface area contributed by atoms with Gasteiger partial charge in [0.2, 0.25) is 11.8 Å². The fraction of sp³-hybridized carbons (Fsp3) is 0.0952. The van der Waals surface area contributed by atoms with E-state index in [0.29, 0.717) is 11.3 Å². The van der Waals surface area contributed by atoms with Crippen LogP contribution in [0.5, 0.6) is 0 Å². The highest BCUT2D eigenvalue weighted by Crippen LogP contribution is 2.29. The smallest absolute Gasteiger partial charge is 0.229 e. The number of amides is 2. The summed E-state index contributed by atoms with van der Waals surface area (Å²) in [5.41, 5.74) is 1.06. The summed E-state index contributed by atoms with van der Waals surface area (Å²) in [5, 5.41) is 2.75. The Kier molecular flexibility index (Phi) is 6.64. The normalized spacial score (nSPS) is 10.6. The molecule has 1 heterocycles. The van der Waals surface area contributed by atoms with Crippen LogP contribution in [0, 0.1) is 11.6 Å². The molecule has 30 heavy (non-hydrogen) atoms. The Hall–Kier alpha value is -3.03. The van der Waals surface area contributed by atoms with E-state index in [0.717, 1.165) is 12.1 Å². The molecule has 0 saturated heterocycles. The SMILES string of the molecule is CC(=O)N(c1ccc(Cl)c(F)c1)c1cc(NC(=O)Cc2ccc(F)cc2Cl)ccn1. The molecule has 0 atom stereocenters. The maximum absolute atomic E-state index is 13.9. The van der Waals surface area contributed by atoms with E-state index in [1.807, 2.05) is 0 Å². The third-order valence-corrected chi connectivity index (χ3v) is 4.76. The topological polar surface area (TPSA) is 62.3 Å². The molecular formula is C21H15Cl2F2N3O2. The maximum Gasteiger partial charge on any atom is 0.229 e. The highest BCUT2D eigenvalue weighted by molar-refractivity contribution is 6.31. The maximum atomic E-state index is 13.9. The highest BCUT2D eigenvalue weighted by atomic mass is 35.5. The molecule has 3 rings (SSSR count). The molecule has 1 N–H and O–H groups in total. The number of pyridine rings is 1. The summed E-state index contributed by atoms with van der Waals surface area (Å²) in [7, 11) is 0. The number of carbonyl (C=O) groups excluding carboxylic acids is 2. The molecule has 0 aliphatic heterocycles. The van der Waals surface area contributed by atoms with Gasteiger partial charge in [-0.1, -0.05) is 29.3 Å². The predicted molar refractivity (Wildman–Crippen MR) is 112 cm³/mol. The molecule has 0 spiro atoms. The zero-order chi connectivity index (χ0) is 21.8. The molecule has 0 bridgehead atoms. The van der Waals surface area contributed by atoms with E-state index in [-0.39, 0.29) is 28.0 Å². The van der Waals surface area contributed by atoms with Gasteiger partial charge in [0.25, 0.3) is 0 Å². The average molecular weight is 450 g/mol. The van der Waals surface area contributed by atoms with Gasteiger partial charge in [0.15, 0.2) is 0 Å². The van der Waals surface area contributed by atoms with Crippen LogP contribution in [-0.4, -0.2) is 16.8 Å². The Morgan fingerprint density at radius 3 is 2.47 bits per heavy atom. The number of aromatic nitrogens is 1. The minimum absolute atomic E-state index is 0.0734. The summed E-state index contributed by atoms with van der Waals surface area (Å²) in [6.07, 6.45) is 1.33. The monoisotopic (exact) mass is 449 g/mol. The summed E-state index contributed by atoms with van der Waals surface area (Å²) >= 11 is 11.7. The van der Waals surface area contributed by atoms with Crippen LogP contribution in [0.2, 0.25) is 10.0 Å². The van der Waals surface area contributed by atoms with Gasteiger partial charge in [-0.25, -0.2) is 13.8 Å². The van der Waals surface area contributed by atoms with Crippen molar-refractivity contribution in [2.24, 2.45) is 0 Å². The second kappa shape index (κ2) is 9.19. The molecule has 154 valence electrons. The van der Waals surface area contributed by atoms with E-state index in [1.54, 1.807) is 0 Å². The molecule has 0 fully saturated rings. The average Bonchev–Trinajstić information content (AvgIpc) is 2.67. The second-order valence-electron chi connectivity index (χ2n) is 6.32. The summed E-state index contributed by atoms with van der Waals surface area (Å²) in [4.78, 5) is 29.9. The third kappa shape index (κ3) is 5.11. The van der Waals surface area contributed by atoms with E-state index in [4.69, 9.17) is 23.2 Å². The number of nitrogens with one attached hydrogen (secondary N) is 1. The molecule has 2 amide bonds. The molecule has 3 aromatic rings. The summed E-state index contributed by atoms with van der Waals surface area (Å²) in [6, 6.07) is 10.7. The Labute approximate surface area is 181 Å². The molecule has 0 aliphatic rings. The molecule has 0 saturated carbocycles. The van der Waals surface area contributed by atoms with Crippen molar-refractivity contribution in [1.82, 2.24) is 4.98 Å². The van der Waals surface area contributed by atoms with E-state index >= 15 is 0 Å². The van der Waals surface area contributed by atoms with Crippen molar-refractivity contribution >= 4 is 52.2 Å². The van der Waals surface area contributed by atoms with E-state index < -0.39 is 23.4 Å². The minimum Gasteiger partial charge on any atom is -0.326 e. The van der Waals surface area contributed by atoms with Gasteiger partial charge in [-0.2, -0.15) is 0 Å². The molecule has 9 heteroatoms. The molecule has 0 aliphatic carbocycles. The van der Waals surface area contributed by atoms with Gasteiger partial charge >= 0.3 is 0 Å². The van der Waals surface area contributed by atoms with Crippen LogP contribution in [0.3, 0.4) is 0 Å². The quantitative estimate of drug-likeness (QED) is 0.556. The number of nitrogens with zero attached hydrogens (tertiary/aromatic N) is 2. The lowest BCUT2D eigenvalue weighted by atomic mass is 10.1. The molecule has 5 nitrogen and oxygen atoms in total. The molecule has 0 radical (unpaired) electrons. The van der Waals surface area contributed by atoms with Crippen molar-refractivity contribution < 1.29 is 18.4 Å². The van der Waals surface area contributed by atoms with Gasteiger partial charge in [-0.05, 0) is 42.0 Å². The lowest BCUT2D eigenvalue weighted by Crippen LogP contribution is -2.24. The van der Waals surface area contributed by atoms with Crippen molar-refractivity contribution in [2.75, 3.05) is 10.2 Å². The first-order valence-corrected chi connectivity index (χ1v) is 9.46. The van der Waals surface area contributed by atoms with Crippen LogP contribution in [0.15, 0.2) is 54.7 Å². The fourth-order valence-electron chi connectivity index (χ4n) is 2.76. The number of rotatable bonds is 5. The number of carbonyl (C=O) groups is 2. The van der Waals surface area contributed by atoms with Crippen LogP contribution in [0.4, 0.5) is 26.0 Å². The second-order valence-corrected chi connectivity index (χ2v) is 7.13. The number of benzene rings is 2. The van der Waals surface area contributed by atoms with Gasteiger partial charge in [0.1, 0.15) is 17.5 Å². The van der Waals surface area contributed by atoms with Gasteiger partial charge in [0.05, 0.1) is 17.1 Å². The fourth-order valence-corrected chi connectivity index (χ4v) is 3.11. The Balaban J connectivity index is 1.82. The van der Waals surface area contributed by atoms with Gasteiger partial charge < -0.3 is 5.32 Å². The van der Waals surface area contributed by atoms with Gasteiger partial charge in [-0.3, -0.25) is 14.5 Å². The van der Waals surface area contributed by atoms with Crippen molar-refractivity contribution in [1.29, 1.82) is 0 Å². The number of hydrogen-bond acceptors (Lipinski definition) is 3. The van der Waals surface area contributed by atoms with E-state index in [1.165, 1.54) is 54.4 Å². The van der Waals surface area contributed by atoms with Crippen molar-refractivity contribution in [3.63, 3.8) is 0 Å². The number of anilines is 3. The zero-order valence-corrected chi connectivity index (χ0v) is 17.1. The lowest BCUT2D eigenvalue weighted by molar-refractivity contribution is -0.116. The third-order valence-electron chi connectivity index (χ3n) is 4.10. The van der Waals surface area contributed by atoms with E-state index in [9.17, 15) is 18.4 Å². The van der Waals surface area contributed by atoms with Gasteiger partial charge in [0, 0.05) is 29.9 Å². The first kappa shape index (κ1) is 21.7. The Bertz CT molecular complexity index is 1130. The largest absolute Gasteiger partial charge is 0.326 e. The van der Waals surface area contributed by atoms with E-state index in [2.05, 4.69) is 10.3 Å². The minimum atomic E-state index is -0.680. The van der Waals surface area contributed by atoms with Gasteiger partial charge in [-0.15, -0.1) is 0 Å². The molecule has 2 aromatic carbocycles. The lowest BCUT2D eigenvalue weighted by Gasteiger charge is -2.21. The summed E-state index contributed by atoms with van der Waals surface area (Å²) in [5.74, 6) is -1.80. The first-order chi connectivity index (χ1) is 14.2. The molecular weight excluding hydrogens is 435 g/mol. The standard InChI is InChI=1S/C21H15Cl2F2N3O2/c1-12(29)28(16-4-5-17(22)19(25)11-16)20-10-15(6-7-26-20)27-21(30)8-13-2-3-14(24)9-18(13)23/h2-7,9-11H,8H2,1H3,(H,26,27,30). The van der Waals surface area contributed by atoms with Crippen LogP contribution < -0.4 is 10.2 Å².